The van der Waals surface area contributed by atoms with Gasteiger partial charge in [0.15, 0.2) is 0 Å². The van der Waals surface area contributed by atoms with Crippen LogP contribution in [0.2, 0.25) is 0 Å². The molecule has 5 nitrogen and oxygen atoms in total. The van der Waals surface area contributed by atoms with Crippen molar-refractivity contribution in [2.24, 2.45) is 11.7 Å². The van der Waals surface area contributed by atoms with Crippen LogP contribution in [0.5, 0.6) is 0 Å². The Morgan fingerprint density at radius 3 is 2.50 bits per heavy atom. The molecular weight excluding hydrogens is 184 g/mol. The van der Waals surface area contributed by atoms with Crippen LogP contribution in [0.15, 0.2) is 0 Å². The molecule has 2 atom stereocenters. The maximum atomic E-state index is 11.0. The maximum absolute atomic E-state index is 11.0. The minimum Gasteiger partial charge on any atom is -0.449 e. The molecule has 0 radical (unpaired) electrons. The summed E-state index contributed by atoms with van der Waals surface area (Å²) in [4.78, 5) is 11.0. The normalized spacial score (nSPS) is 15.0. The molecule has 0 aliphatic rings. The van der Waals surface area contributed by atoms with Gasteiger partial charge in [-0.2, -0.15) is 0 Å². The van der Waals surface area contributed by atoms with Gasteiger partial charge >= 0.3 is 6.09 Å². The third-order valence-corrected chi connectivity index (χ3v) is 1.65. The van der Waals surface area contributed by atoms with Crippen molar-refractivity contribution >= 4 is 6.09 Å². The highest BCUT2D eigenvalue weighted by atomic mass is 16.5. The molecule has 0 aliphatic heterocycles. The first-order chi connectivity index (χ1) is 6.43. The summed E-state index contributed by atoms with van der Waals surface area (Å²) in [5, 5.41) is 11.5. The molecule has 14 heavy (non-hydrogen) atoms. The summed E-state index contributed by atoms with van der Waals surface area (Å²) in [6.45, 7) is 6.08. The van der Waals surface area contributed by atoms with Gasteiger partial charge in [0, 0.05) is 12.6 Å². The number of hydrogen-bond acceptors (Lipinski definition) is 4. The van der Waals surface area contributed by atoms with E-state index in [1.54, 1.807) is 6.92 Å². The fourth-order valence-corrected chi connectivity index (χ4v) is 0.665. The van der Waals surface area contributed by atoms with Crippen LogP contribution >= 0.6 is 0 Å². The van der Waals surface area contributed by atoms with Crippen molar-refractivity contribution in [2.75, 3.05) is 13.2 Å². The summed E-state index contributed by atoms with van der Waals surface area (Å²) >= 11 is 0. The standard InChI is InChI=1S/C9H20N2O3/c1-6(2)5-14-9(13)11-4-8(10)7(3)12/h6-8,12H,4-5,10H2,1-3H3,(H,11,13). The number of nitrogens with two attached hydrogens (primary N) is 1. The first kappa shape index (κ1) is 13.2. The van der Waals surface area contributed by atoms with E-state index in [1.165, 1.54) is 0 Å². The van der Waals surface area contributed by atoms with Gasteiger partial charge in [-0.3, -0.25) is 0 Å². The molecule has 0 rings (SSSR count). The summed E-state index contributed by atoms with van der Waals surface area (Å²) in [7, 11) is 0. The van der Waals surface area contributed by atoms with Gasteiger partial charge in [0.1, 0.15) is 0 Å². The minimum atomic E-state index is -0.639. The van der Waals surface area contributed by atoms with Crippen LogP contribution in [0.4, 0.5) is 4.79 Å². The van der Waals surface area contributed by atoms with Gasteiger partial charge < -0.3 is 20.9 Å². The van der Waals surface area contributed by atoms with Gasteiger partial charge in [0.25, 0.3) is 0 Å². The summed E-state index contributed by atoms with van der Waals surface area (Å²) in [6.07, 6.45) is -1.13. The second-order valence-corrected chi connectivity index (χ2v) is 3.78. The monoisotopic (exact) mass is 204 g/mol. The summed E-state index contributed by atoms with van der Waals surface area (Å²) in [5.74, 6) is 0.311. The molecule has 4 N–H and O–H groups in total. The number of alkyl carbamates (subject to hydrolysis) is 1. The van der Waals surface area contributed by atoms with E-state index in [4.69, 9.17) is 15.6 Å². The van der Waals surface area contributed by atoms with Gasteiger partial charge in [-0.15, -0.1) is 0 Å². The smallest absolute Gasteiger partial charge is 0.407 e. The van der Waals surface area contributed by atoms with Crippen LogP contribution in [-0.4, -0.2) is 36.5 Å². The summed E-state index contributed by atoms with van der Waals surface area (Å²) in [5.41, 5.74) is 5.50. The molecule has 0 aromatic heterocycles. The lowest BCUT2D eigenvalue weighted by Gasteiger charge is -2.15. The minimum absolute atomic E-state index is 0.217. The van der Waals surface area contributed by atoms with E-state index in [-0.39, 0.29) is 6.54 Å². The van der Waals surface area contributed by atoms with Gasteiger partial charge in [-0.05, 0) is 12.8 Å². The fraction of sp³-hybridized carbons (Fsp3) is 0.889. The average Bonchev–Trinajstić information content (AvgIpc) is 2.10. The van der Waals surface area contributed by atoms with Crippen LogP contribution < -0.4 is 11.1 Å². The number of carbonyl (C=O) groups is 1. The lowest BCUT2D eigenvalue weighted by molar-refractivity contribution is 0.126. The van der Waals surface area contributed by atoms with Crippen molar-refractivity contribution in [1.82, 2.24) is 5.32 Å². The largest absolute Gasteiger partial charge is 0.449 e. The highest BCUT2D eigenvalue weighted by Crippen LogP contribution is 1.93. The Balaban J connectivity index is 3.54. The molecule has 1 amide bonds. The van der Waals surface area contributed by atoms with Crippen LogP contribution in [0.3, 0.4) is 0 Å². The van der Waals surface area contributed by atoms with Gasteiger partial charge in [-0.25, -0.2) is 4.79 Å². The number of amides is 1. The molecule has 0 heterocycles. The van der Waals surface area contributed by atoms with E-state index in [0.717, 1.165) is 0 Å². The quantitative estimate of drug-likeness (QED) is 0.592. The fourth-order valence-electron chi connectivity index (χ4n) is 0.665. The molecule has 2 unspecified atom stereocenters. The first-order valence-electron chi connectivity index (χ1n) is 4.77. The molecule has 0 spiro atoms. The predicted molar refractivity (Wildman–Crippen MR) is 53.8 cm³/mol. The summed E-state index contributed by atoms with van der Waals surface area (Å²) in [6, 6.07) is -0.457. The molecule has 0 bridgehead atoms. The van der Waals surface area contributed by atoms with Gasteiger partial charge in [0.05, 0.1) is 12.7 Å². The topological polar surface area (TPSA) is 84.6 Å². The third-order valence-electron chi connectivity index (χ3n) is 1.65. The van der Waals surface area contributed by atoms with E-state index >= 15 is 0 Å². The van der Waals surface area contributed by atoms with Crippen molar-refractivity contribution in [2.45, 2.75) is 32.9 Å². The number of aliphatic hydroxyl groups is 1. The number of hydrogen-bond donors (Lipinski definition) is 3. The second-order valence-electron chi connectivity index (χ2n) is 3.78. The van der Waals surface area contributed by atoms with E-state index in [0.29, 0.717) is 12.5 Å². The third kappa shape index (κ3) is 6.68. The molecule has 0 aliphatic carbocycles. The SMILES string of the molecule is CC(C)COC(=O)NCC(N)C(C)O. The first-order valence-corrected chi connectivity index (χ1v) is 4.77. The Morgan fingerprint density at radius 1 is 1.50 bits per heavy atom. The lowest BCUT2D eigenvalue weighted by Crippen LogP contribution is -2.43. The Hall–Kier alpha value is -0.810. The van der Waals surface area contributed by atoms with Crippen molar-refractivity contribution in [3.8, 4) is 0 Å². The zero-order valence-electron chi connectivity index (χ0n) is 8.99. The highest BCUT2D eigenvalue weighted by Gasteiger charge is 2.11. The van der Waals surface area contributed by atoms with E-state index in [9.17, 15) is 4.79 Å². The zero-order valence-corrected chi connectivity index (χ0v) is 8.99. The summed E-state index contributed by atoms with van der Waals surface area (Å²) < 4.78 is 4.85. The number of carbonyl (C=O) groups excluding carboxylic acids is 1. The zero-order chi connectivity index (χ0) is 11.1. The molecule has 0 aromatic rings. The molecule has 5 heteroatoms. The Labute approximate surface area is 84.6 Å². The molecule has 0 fully saturated rings. The van der Waals surface area contributed by atoms with Crippen molar-refractivity contribution in [3.05, 3.63) is 0 Å². The predicted octanol–water partition coefficient (Wildman–Crippen LogP) is 0.0767. The van der Waals surface area contributed by atoms with Crippen LogP contribution in [0.25, 0.3) is 0 Å². The number of aliphatic hydroxyl groups excluding tert-OH is 1. The molecule has 84 valence electrons. The van der Waals surface area contributed by atoms with E-state index in [2.05, 4.69) is 5.32 Å². The van der Waals surface area contributed by atoms with E-state index in [1.807, 2.05) is 13.8 Å². The Bertz CT molecular complexity index is 171. The number of nitrogens with one attached hydrogen (secondary N) is 1. The van der Waals surface area contributed by atoms with Gasteiger partial charge in [0.2, 0.25) is 0 Å². The maximum Gasteiger partial charge on any atom is 0.407 e. The molecule has 0 aromatic carbocycles. The Morgan fingerprint density at radius 2 is 2.07 bits per heavy atom. The number of ether oxygens (including phenoxy) is 1. The van der Waals surface area contributed by atoms with Crippen LogP contribution in [0.1, 0.15) is 20.8 Å². The second kappa shape index (κ2) is 6.62. The average molecular weight is 204 g/mol. The van der Waals surface area contributed by atoms with Crippen molar-refractivity contribution < 1.29 is 14.6 Å². The number of rotatable bonds is 5. The Kier molecular flexibility index (Phi) is 6.23. The van der Waals surface area contributed by atoms with Crippen LogP contribution in [0, 0.1) is 5.92 Å². The molecule has 0 saturated heterocycles. The van der Waals surface area contributed by atoms with Crippen molar-refractivity contribution in [1.29, 1.82) is 0 Å². The highest BCUT2D eigenvalue weighted by molar-refractivity contribution is 5.67. The lowest BCUT2D eigenvalue weighted by atomic mass is 10.2. The van der Waals surface area contributed by atoms with Crippen molar-refractivity contribution in [3.63, 3.8) is 0 Å². The molecular formula is C9H20N2O3. The van der Waals surface area contributed by atoms with Crippen LogP contribution in [-0.2, 0) is 4.74 Å². The molecule has 0 saturated carbocycles. The van der Waals surface area contributed by atoms with Gasteiger partial charge in [-0.1, -0.05) is 13.8 Å². The van der Waals surface area contributed by atoms with E-state index < -0.39 is 18.2 Å².